The number of aryl methyl sites for hydroxylation is 1. The fraction of sp³-hybridized carbons (Fsp3) is 0.480. The number of aliphatic hydroxyl groups is 1. The Kier molecular flexibility index (Phi) is 5.52. The molecule has 0 aliphatic carbocycles. The van der Waals surface area contributed by atoms with Gasteiger partial charge in [0.2, 0.25) is 0 Å². The first-order valence-corrected chi connectivity index (χ1v) is 10.5. The van der Waals surface area contributed by atoms with Gasteiger partial charge in [0, 0.05) is 6.54 Å². The molecule has 0 bridgehead atoms. The molecular weight excluding hydrogens is 360 g/mol. The summed E-state index contributed by atoms with van der Waals surface area (Å²) >= 11 is 0. The second-order valence-electron chi connectivity index (χ2n) is 9.98. The lowest BCUT2D eigenvalue weighted by Crippen LogP contribution is -2.19. The third kappa shape index (κ3) is 4.04. The topological polar surface area (TPSA) is 58.3 Å². The predicted octanol–water partition coefficient (Wildman–Crippen LogP) is 5.83. The molecule has 156 valence electrons. The van der Waals surface area contributed by atoms with Crippen LogP contribution in [-0.2, 0) is 17.4 Å². The van der Waals surface area contributed by atoms with Gasteiger partial charge in [0.25, 0.3) is 0 Å². The highest BCUT2D eigenvalue weighted by Gasteiger charge is 2.29. The third-order valence-corrected chi connectivity index (χ3v) is 5.44. The zero-order valence-electron chi connectivity index (χ0n) is 18.7. The number of aliphatic hydroxyl groups excluding tert-OH is 1. The minimum absolute atomic E-state index is 0.247. The van der Waals surface area contributed by atoms with Crippen LogP contribution in [-0.4, -0.2) is 19.8 Å². The van der Waals surface area contributed by atoms with E-state index in [1.165, 1.54) is 0 Å². The molecule has 1 heterocycles. The van der Waals surface area contributed by atoms with Crippen molar-refractivity contribution < 1.29 is 10.2 Å². The van der Waals surface area contributed by atoms with E-state index in [1.54, 1.807) is 0 Å². The maximum absolute atomic E-state index is 11.4. The molecule has 3 aromatic rings. The smallest absolute Gasteiger partial charge is 0.143 e. The van der Waals surface area contributed by atoms with Gasteiger partial charge in [-0.25, -0.2) is 4.98 Å². The predicted molar refractivity (Wildman–Crippen MR) is 120 cm³/mol. The van der Waals surface area contributed by atoms with Crippen LogP contribution >= 0.6 is 0 Å². The standard InChI is InChI=1S/C25H34N2O2/c1-8-13-27-20-12-10-9-11-19(20)26-23(27)21(28)16-14-17(24(2,3)4)22(29)18(15-16)25(5,6)7/h9-12,14-15,21,28-29H,8,13H2,1-7H3/t21-/m1/s1. The zero-order valence-corrected chi connectivity index (χ0v) is 18.7. The number of imidazole rings is 1. The number of aromatic hydroxyl groups is 1. The molecule has 0 spiro atoms. The van der Waals surface area contributed by atoms with Crippen molar-refractivity contribution >= 4 is 11.0 Å². The fourth-order valence-electron chi connectivity index (χ4n) is 3.87. The molecule has 2 aromatic carbocycles. The normalized spacial score (nSPS) is 13.8. The molecule has 1 aromatic heterocycles. The minimum Gasteiger partial charge on any atom is -0.507 e. The molecule has 0 fully saturated rings. The van der Waals surface area contributed by atoms with E-state index in [-0.39, 0.29) is 10.8 Å². The van der Waals surface area contributed by atoms with E-state index >= 15 is 0 Å². The number of rotatable bonds is 4. The summed E-state index contributed by atoms with van der Waals surface area (Å²) in [5, 5.41) is 22.4. The van der Waals surface area contributed by atoms with Crippen LogP contribution in [0.3, 0.4) is 0 Å². The van der Waals surface area contributed by atoms with Gasteiger partial charge in [-0.15, -0.1) is 0 Å². The van der Waals surface area contributed by atoms with E-state index in [0.717, 1.165) is 40.7 Å². The maximum Gasteiger partial charge on any atom is 0.143 e. The van der Waals surface area contributed by atoms with Crippen LogP contribution in [0.2, 0.25) is 0 Å². The van der Waals surface area contributed by atoms with Crippen LogP contribution in [0.5, 0.6) is 5.75 Å². The van der Waals surface area contributed by atoms with Crippen molar-refractivity contribution in [3.05, 3.63) is 58.9 Å². The summed E-state index contributed by atoms with van der Waals surface area (Å²) in [5.74, 6) is 0.974. The van der Waals surface area contributed by atoms with E-state index in [4.69, 9.17) is 4.98 Å². The summed E-state index contributed by atoms with van der Waals surface area (Å²) in [7, 11) is 0. The van der Waals surface area contributed by atoms with Crippen LogP contribution in [0, 0.1) is 0 Å². The van der Waals surface area contributed by atoms with Crippen LogP contribution in [0.25, 0.3) is 11.0 Å². The van der Waals surface area contributed by atoms with Crippen molar-refractivity contribution in [2.45, 2.75) is 78.4 Å². The summed E-state index contributed by atoms with van der Waals surface area (Å²) in [4.78, 5) is 4.76. The van der Waals surface area contributed by atoms with E-state index in [1.807, 2.05) is 36.4 Å². The fourth-order valence-corrected chi connectivity index (χ4v) is 3.87. The van der Waals surface area contributed by atoms with Crippen molar-refractivity contribution in [1.29, 1.82) is 0 Å². The number of aromatic nitrogens is 2. The molecule has 4 nitrogen and oxygen atoms in total. The second kappa shape index (κ2) is 7.49. The van der Waals surface area contributed by atoms with E-state index in [9.17, 15) is 10.2 Å². The molecule has 0 aliphatic rings. The maximum atomic E-state index is 11.4. The Hall–Kier alpha value is -2.33. The van der Waals surface area contributed by atoms with Gasteiger partial charge in [-0.05, 0) is 58.2 Å². The Bertz CT molecular complexity index is 984. The molecule has 0 amide bonds. The van der Waals surface area contributed by atoms with Crippen LogP contribution < -0.4 is 0 Å². The molecule has 2 N–H and O–H groups in total. The van der Waals surface area contributed by atoms with Gasteiger partial charge in [-0.2, -0.15) is 0 Å². The first kappa shape index (κ1) is 21.4. The summed E-state index contributed by atoms with van der Waals surface area (Å²) in [5.41, 5.74) is 3.89. The third-order valence-electron chi connectivity index (χ3n) is 5.44. The Labute approximate surface area is 174 Å². The molecule has 0 aliphatic heterocycles. The quantitative estimate of drug-likeness (QED) is 0.585. The Balaban J connectivity index is 2.23. The number of para-hydroxylation sites is 2. The van der Waals surface area contributed by atoms with Crippen molar-refractivity contribution in [2.75, 3.05) is 0 Å². The minimum atomic E-state index is -0.864. The van der Waals surface area contributed by atoms with Gasteiger partial charge in [0.05, 0.1) is 11.0 Å². The first-order valence-electron chi connectivity index (χ1n) is 10.5. The largest absolute Gasteiger partial charge is 0.507 e. The first-order chi connectivity index (χ1) is 13.4. The molecular formula is C25H34N2O2. The van der Waals surface area contributed by atoms with Gasteiger partial charge in [0.15, 0.2) is 0 Å². The molecule has 3 rings (SSSR count). The molecule has 1 atom stereocenters. The van der Waals surface area contributed by atoms with Crippen LogP contribution in [0.1, 0.15) is 83.5 Å². The van der Waals surface area contributed by atoms with Gasteiger partial charge < -0.3 is 14.8 Å². The van der Waals surface area contributed by atoms with E-state index < -0.39 is 6.10 Å². The van der Waals surface area contributed by atoms with Gasteiger partial charge in [-0.1, -0.05) is 60.6 Å². The monoisotopic (exact) mass is 394 g/mol. The summed E-state index contributed by atoms with van der Waals surface area (Å²) in [6, 6.07) is 11.9. The number of nitrogens with zero attached hydrogens (tertiary/aromatic N) is 2. The average molecular weight is 395 g/mol. The van der Waals surface area contributed by atoms with Gasteiger partial charge in [-0.3, -0.25) is 0 Å². The lowest BCUT2D eigenvalue weighted by atomic mass is 9.78. The number of hydrogen-bond acceptors (Lipinski definition) is 3. The lowest BCUT2D eigenvalue weighted by molar-refractivity contribution is 0.204. The van der Waals surface area contributed by atoms with E-state index in [2.05, 4.69) is 53.0 Å². The average Bonchev–Trinajstić information content (AvgIpc) is 2.98. The van der Waals surface area contributed by atoms with Crippen molar-refractivity contribution in [2.24, 2.45) is 0 Å². The Morgan fingerprint density at radius 3 is 2.03 bits per heavy atom. The molecule has 4 heteroatoms. The SMILES string of the molecule is CCCn1c([C@H](O)c2cc(C(C)(C)C)c(O)c(C(C)(C)C)c2)nc2ccccc21. The van der Waals surface area contributed by atoms with Crippen molar-refractivity contribution in [3.8, 4) is 5.75 Å². The number of fused-ring (bicyclic) bond motifs is 1. The molecule has 0 radical (unpaired) electrons. The Morgan fingerprint density at radius 1 is 0.966 bits per heavy atom. The molecule has 29 heavy (non-hydrogen) atoms. The highest BCUT2D eigenvalue weighted by Crippen LogP contribution is 2.41. The molecule has 0 unspecified atom stereocenters. The van der Waals surface area contributed by atoms with Crippen molar-refractivity contribution in [3.63, 3.8) is 0 Å². The Morgan fingerprint density at radius 2 is 1.52 bits per heavy atom. The summed E-state index contributed by atoms with van der Waals surface area (Å²) in [6.07, 6.45) is 0.0904. The number of phenols is 1. The lowest BCUT2D eigenvalue weighted by Gasteiger charge is -2.29. The number of hydrogen-bond donors (Lipinski definition) is 2. The number of phenolic OH excluding ortho intramolecular Hbond substituents is 1. The number of benzene rings is 2. The van der Waals surface area contributed by atoms with Crippen molar-refractivity contribution in [1.82, 2.24) is 9.55 Å². The highest BCUT2D eigenvalue weighted by atomic mass is 16.3. The van der Waals surface area contributed by atoms with Gasteiger partial charge >= 0.3 is 0 Å². The highest BCUT2D eigenvalue weighted by molar-refractivity contribution is 5.76. The van der Waals surface area contributed by atoms with Crippen LogP contribution in [0.15, 0.2) is 36.4 Å². The van der Waals surface area contributed by atoms with E-state index in [0.29, 0.717) is 11.6 Å². The van der Waals surface area contributed by atoms with Gasteiger partial charge in [0.1, 0.15) is 17.7 Å². The summed E-state index contributed by atoms with van der Waals surface area (Å²) in [6.45, 7) is 15.4. The second-order valence-corrected chi connectivity index (χ2v) is 9.98. The zero-order chi connectivity index (χ0) is 21.6. The molecule has 0 saturated heterocycles. The molecule has 0 saturated carbocycles. The summed E-state index contributed by atoms with van der Waals surface area (Å²) < 4.78 is 2.11. The van der Waals surface area contributed by atoms with Crippen LogP contribution in [0.4, 0.5) is 0 Å².